The maximum absolute atomic E-state index is 13.0. The van der Waals surface area contributed by atoms with E-state index < -0.39 is 0 Å². The van der Waals surface area contributed by atoms with Crippen molar-refractivity contribution in [2.24, 2.45) is 23.7 Å². The second-order valence-corrected chi connectivity index (χ2v) is 8.58. The minimum absolute atomic E-state index is 0.164. The van der Waals surface area contributed by atoms with E-state index in [0.717, 1.165) is 64.2 Å². The van der Waals surface area contributed by atoms with Gasteiger partial charge in [-0.1, -0.05) is 79.1 Å². The molecule has 1 saturated carbocycles. The van der Waals surface area contributed by atoms with E-state index in [9.17, 15) is 9.59 Å². The van der Waals surface area contributed by atoms with Crippen molar-refractivity contribution in [1.82, 2.24) is 0 Å². The van der Waals surface area contributed by atoms with Gasteiger partial charge < -0.3 is 9.47 Å². The predicted octanol–water partition coefficient (Wildman–Crippen LogP) is 6.31. The van der Waals surface area contributed by atoms with Crippen LogP contribution in [0.5, 0.6) is 0 Å². The first-order chi connectivity index (χ1) is 13.6. The molecule has 28 heavy (non-hydrogen) atoms. The van der Waals surface area contributed by atoms with Crippen molar-refractivity contribution in [3.63, 3.8) is 0 Å². The quantitative estimate of drug-likeness (QED) is 0.208. The minimum atomic E-state index is -0.359. The van der Waals surface area contributed by atoms with Crippen LogP contribution >= 0.6 is 0 Å². The van der Waals surface area contributed by atoms with Crippen molar-refractivity contribution in [2.75, 3.05) is 13.2 Å². The molecule has 0 N–H and O–H groups in total. The highest BCUT2D eigenvalue weighted by molar-refractivity contribution is 5.82. The van der Waals surface area contributed by atoms with Gasteiger partial charge in [0.25, 0.3) is 0 Å². The molecule has 1 fully saturated rings. The van der Waals surface area contributed by atoms with Gasteiger partial charge in [-0.2, -0.15) is 0 Å². The van der Waals surface area contributed by atoms with Crippen molar-refractivity contribution in [1.29, 1.82) is 0 Å². The lowest BCUT2D eigenvalue weighted by Gasteiger charge is -2.30. The summed E-state index contributed by atoms with van der Waals surface area (Å²) >= 11 is 0. The van der Waals surface area contributed by atoms with E-state index in [1.807, 2.05) is 0 Å². The molecule has 0 aromatic carbocycles. The monoisotopic (exact) mass is 396 g/mol. The molecule has 4 heteroatoms. The van der Waals surface area contributed by atoms with Crippen LogP contribution in [0.1, 0.15) is 105 Å². The van der Waals surface area contributed by atoms with Crippen molar-refractivity contribution in [3.8, 4) is 0 Å². The number of unbranched alkanes of at least 4 members (excludes halogenated alkanes) is 6. The van der Waals surface area contributed by atoms with Crippen molar-refractivity contribution in [2.45, 2.75) is 105 Å². The largest absolute Gasteiger partial charge is 0.465 e. The summed E-state index contributed by atoms with van der Waals surface area (Å²) in [6.07, 6.45) is 12.6. The molecular formula is C24H44O4. The highest BCUT2D eigenvalue weighted by atomic mass is 16.5. The molecule has 1 rings (SSSR count). The molecule has 0 radical (unpaired) electrons. The van der Waals surface area contributed by atoms with Gasteiger partial charge in [0.1, 0.15) is 0 Å². The van der Waals surface area contributed by atoms with Gasteiger partial charge in [-0.3, -0.25) is 9.59 Å². The van der Waals surface area contributed by atoms with Gasteiger partial charge in [0.2, 0.25) is 0 Å². The highest BCUT2D eigenvalue weighted by Gasteiger charge is 2.45. The number of esters is 2. The Kier molecular flexibility index (Phi) is 13.3. The summed E-state index contributed by atoms with van der Waals surface area (Å²) < 4.78 is 11.3. The Labute approximate surface area is 173 Å². The molecule has 4 atom stereocenters. The van der Waals surface area contributed by atoms with Gasteiger partial charge in [0.05, 0.1) is 25.0 Å². The Morgan fingerprint density at radius 1 is 0.750 bits per heavy atom. The lowest BCUT2D eigenvalue weighted by Crippen LogP contribution is -2.39. The second kappa shape index (κ2) is 14.9. The van der Waals surface area contributed by atoms with E-state index in [1.54, 1.807) is 0 Å². The molecule has 0 aromatic heterocycles. The number of carbonyl (C=O) groups is 2. The van der Waals surface area contributed by atoms with Gasteiger partial charge in [-0.25, -0.2) is 0 Å². The average molecular weight is 397 g/mol. The molecule has 1 aliphatic rings. The normalized spacial score (nSPS) is 25.1. The lowest BCUT2D eigenvalue weighted by atomic mass is 9.75. The van der Waals surface area contributed by atoms with Gasteiger partial charge in [0.15, 0.2) is 0 Å². The summed E-state index contributed by atoms with van der Waals surface area (Å²) in [5.41, 5.74) is 0. The molecule has 0 aromatic rings. The summed E-state index contributed by atoms with van der Waals surface area (Å²) in [5, 5.41) is 0. The van der Waals surface area contributed by atoms with Crippen molar-refractivity contribution in [3.05, 3.63) is 0 Å². The summed E-state index contributed by atoms with van der Waals surface area (Å²) in [4.78, 5) is 26.0. The average Bonchev–Trinajstić information content (AvgIpc) is 2.85. The highest BCUT2D eigenvalue weighted by Crippen LogP contribution is 2.40. The third-order valence-electron chi connectivity index (χ3n) is 6.30. The van der Waals surface area contributed by atoms with Crippen LogP contribution in [-0.2, 0) is 19.1 Å². The van der Waals surface area contributed by atoms with Gasteiger partial charge >= 0.3 is 11.9 Å². The Balaban J connectivity index is 2.74. The first kappa shape index (κ1) is 25.0. The third-order valence-corrected chi connectivity index (χ3v) is 6.30. The molecule has 164 valence electrons. The standard InChI is InChI=1S/C24H44O4/c1-5-8-10-12-17-27-23(25)21-19(4)15-14-16-20(7-3)22(21)24(26)28-18-13-11-9-6-2/h19-22H,5-18H2,1-4H3. The molecule has 0 spiro atoms. The van der Waals surface area contributed by atoms with Crippen molar-refractivity contribution >= 4 is 11.9 Å². The zero-order chi connectivity index (χ0) is 20.8. The SMILES string of the molecule is CCCCCCOC(=O)C1C(C)CCCC(CC)C1C(=O)OCCCCCC. The van der Waals surface area contributed by atoms with Gasteiger partial charge in [-0.15, -0.1) is 0 Å². The topological polar surface area (TPSA) is 52.6 Å². The van der Waals surface area contributed by atoms with Crippen LogP contribution in [0.2, 0.25) is 0 Å². The van der Waals surface area contributed by atoms with Crippen LogP contribution in [0.25, 0.3) is 0 Å². The van der Waals surface area contributed by atoms with E-state index >= 15 is 0 Å². The Morgan fingerprint density at radius 3 is 1.79 bits per heavy atom. The van der Waals surface area contributed by atoms with Gasteiger partial charge in [0, 0.05) is 0 Å². The minimum Gasteiger partial charge on any atom is -0.465 e. The summed E-state index contributed by atoms with van der Waals surface area (Å²) in [6, 6.07) is 0. The van der Waals surface area contributed by atoms with Crippen LogP contribution < -0.4 is 0 Å². The van der Waals surface area contributed by atoms with E-state index in [0.29, 0.717) is 13.2 Å². The fourth-order valence-corrected chi connectivity index (χ4v) is 4.48. The van der Waals surface area contributed by atoms with Crippen molar-refractivity contribution < 1.29 is 19.1 Å². The number of ether oxygens (including phenoxy) is 2. The molecule has 4 nitrogen and oxygen atoms in total. The zero-order valence-corrected chi connectivity index (χ0v) is 18.8. The molecule has 1 aliphatic carbocycles. The first-order valence-electron chi connectivity index (χ1n) is 11.9. The third kappa shape index (κ3) is 8.53. The molecule has 0 heterocycles. The van der Waals surface area contributed by atoms with Crippen LogP contribution in [0.3, 0.4) is 0 Å². The summed E-state index contributed by atoms with van der Waals surface area (Å²) in [6.45, 7) is 9.50. The van der Waals surface area contributed by atoms with Crippen LogP contribution in [-0.4, -0.2) is 25.2 Å². The molecule has 0 bridgehead atoms. The summed E-state index contributed by atoms with van der Waals surface area (Å²) in [5.74, 6) is -0.691. The second-order valence-electron chi connectivity index (χ2n) is 8.58. The maximum atomic E-state index is 13.0. The predicted molar refractivity (Wildman–Crippen MR) is 114 cm³/mol. The Bertz CT molecular complexity index is 434. The smallest absolute Gasteiger partial charge is 0.310 e. The molecule has 4 unspecified atom stereocenters. The van der Waals surface area contributed by atoms with Crippen LogP contribution in [0.15, 0.2) is 0 Å². The van der Waals surface area contributed by atoms with Crippen LogP contribution in [0, 0.1) is 23.7 Å². The number of hydrogen-bond donors (Lipinski definition) is 0. The lowest BCUT2D eigenvalue weighted by molar-refractivity contribution is -0.165. The number of rotatable bonds is 13. The Hall–Kier alpha value is -1.06. The molecule has 0 amide bonds. The molecule has 0 saturated heterocycles. The summed E-state index contributed by atoms with van der Waals surface area (Å²) in [7, 11) is 0. The fraction of sp³-hybridized carbons (Fsp3) is 0.917. The molecule has 0 aliphatic heterocycles. The fourth-order valence-electron chi connectivity index (χ4n) is 4.48. The van der Waals surface area contributed by atoms with E-state index in [1.165, 1.54) is 12.8 Å². The first-order valence-corrected chi connectivity index (χ1v) is 11.9. The number of carbonyl (C=O) groups excluding carboxylic acids is 2. The molecular weight excluding hydrogens is 352 g/mol. The number of hydrogen-bond acceptors (Lipinski definition) is 4. The van der Waals surface area contributed by atoms with Gasteiger partial charge in [-0.05, 0) is 37.5 Å². The van der Waals surface area contributed by atoms with E-state index in [-0.39, 0.29) is 35.6 Å². The van der Waals surface area contributed by atoms with E-state index in [2.05, 4.69) is 27.7 Å². The van der Waals surface area contributed by atoms with Crippen LogP contribution in [0.4, 0.5) is 0 Å². The maximum Gasteiger partial charge on any atom is 0.310 e. The Morgan fingerprint density at radius 2 is 1.29 bits per heavy atom. The van der Waals surface area contributed by atoms with E-state index in [4.69, 9.17) is 9.47 Å². The zero-order valence-electron chi connectivity index (χ0n) is 18.8.